The van der Waals surface area contributed by atoms with Crippen LogP contribution in [-0.4, -0.2) is 36.6 Å². The number of hydrogen-bond donors (Lipinski definition) is 1. The van der Waals surface area contributed by atoms with Gasteiger partial charge in [0.15, 0.2) is 12.6 Å². The molecule has 2 aromatic carbocycles. The van der Waals surface area contributed by atoms with E-state index in [1.165, 1.54) is 0 Å². The molecule has 24 heavy (non-hydrogen) atoms. The maximum atomic E-state index is 10.4. The zero-order valence-corrected chi connectivity index (χ0v) is 13.2. The summed E-state index contributed by atoms with van der Waals surface area (Å²) in [4.78, 5) is 0. The Morgan fingerprint density at radius 2 is 1.25 bits per heavy atom. The molecule has 0 amide bonds. The van der Waals surface area contributed by atoms with Gasteiger partial charge in [-0.3, -0.25) is 0 Å². The van der Waals surface area contributed by atoms with Crippen molar-refractivity contribution in [2.24, 2.45) is 0 Å². The largest absolute Gasteiger partial charge is 0.388 e. The van der Waals surface area contributed by atoms with Crippen LogP contribution in [0.2, 0.25) is 0 Å². The van der Waals surface area contributed by atoms with E-state index >= 15 is 0 Å². The zero-order chi connectivity index (χ0) is 16.4. The summed E-state index contributed by atoms with van der Waals surface area (Å²) in [5, 5.41) is 10.4. The molecular weight excluding hydrogens is 308 g/mol. The Kier molecular flexibility index (Phi) is 4.60. The van der Waals surface area contributed by atoms with Crippen molar-refractivity contribution in [1.29, 1.82) is 0 Å². The second-order valence-electron chi connectivity index (χ2n) is 5.99. The average Bonchev–Trinajstić information content (AvgIpc) is 2.82. The molecule has 2 fully saturated rings. The Morgan fingerprint density at radius 3 is 1.88 bits per heavy atom. The first-order chi connectivity index (χ1) is 11.8. The van der Waals surface area contributed by atoms with E-state index in [1.807, 2.05) is 60.7 Å². The number of rotatable bonds is 2. The van der Waals surface area contributed by atoms with E-state index in [4.69, 9.17) is 18.9 Å². The van der Waals surface area contributed by atoms with Gasteiger partial charge in [-0.2, -0.15) is 0 Å². The third kappa shape index (κ3) is 3.22. The fourth-order valence-electron chi connectivity index (χ4n) is 3.05. The van der Waals surface area contributed by atoms with Gasteiger partial charge in [0.2, 0.25) is 0 Å². The van der Waals surface area contributed by atoms with Gasteiger partial charge in [-0.05, 0) is 0 Å². The highest BCUT2D eigenvalue weighted by molar-refractivity contribution is 5.18. The van der Waals surface area contributed by atoms with Crippen LogP contribution < -0.4 is 0 Å². The van der Waals surface area contributed by atoms with Crippen LogP contribution in [0.15, 0.2) is 60.7 Å². The van der Waals surface area contributed by atoms with Gasteiger partial charge in [-0.1, -0.05) is 60.7 Å². The van der Waals surface area contributed by atoms with Crippen LogP contribution in [0.1, 0.15) is 23.7 Å². The van der Waals surface area contributed by atoms with Gasteiger partial charge in [0, 0.05) is 11.1 Å². The Labute approximate surface area is 140 Å². The summed E-state index contributed by atoms with van der Waals surface area (Å²) in [7, 11) is 0. The van der Waals surface area contributed by atoms with E-state index in [9.17, 15) is 5.11 Å². The number of ether oxygens (including phenoxy) is 4. The molecule has 2 saturated heterocycles. The Balaban J connectivity index is 1.51. The van der Waals surface area contributed by atoms with Crippen molar-refractivity contribution in [3.8, 4) is 0 Å². The van der Waals surface area contributed by atoms with Gasteiger partial charge in [0.25, 0.3) is 0 Å². The second-order valence-corrected chi connectivity index (χ2v) is 5.99. The van der Waals surface area contributed by atoms with E-state index in [0.717, 1.165) is 11.1 Å². The van der Waals surface area contributed by atoms with Gasteiger partial charge >= 0.3 is 0 Å². The molecule has 0 aliphatic carbocycles. The van der Waals surface area contributed by atoms with Gasteiger partial charge in [0.05, 0.1) is 13.2 Å². The molecule has 5 nitrogen and oxygen atoms in total. The molecular formula is C19H20O5. The maximum Gasteiger partial charge on any atom is 0.184 e. The smallest absolute Gasteiger partial charge is 0.184 e. The van der Waals surface area contributed by atoms with E-state index in [0.29, 0.717) is 6.61 Å². The standard InChI is InChI=1S/C19H20O5/c20-15-11-21-18(13-7-3-1-4-8-13)23-16-12-22-19(24-17(15)16)14-9-5-2-6-10-14/h1-10,15-20H,11-12H2/t15-,16+,17+,18?,19?/m0/s1. The summed E-state index contributed by atoms with van der Waals surface area (Å²) >= 11 is 0. The fraction of sp³-hybridized carbons (Fsp3) is 0.368. The molecule has 0 bridgehead atoms. The minimum absolute atomic E-state index is 0.155. The van der Waals surface area contributed by atoms with Crippen LogP contribution >= 0.6 is 0 Å². The first-order valence-corrected chi connectivity index (χ1v) is 8.13. The SMILES string of the molecule is O[C@H]1COC(c2ccccc2)O[C@@H]2COC(c3ccccc3)O[C@H]12. The minimum atomic E-state index is -0.765. The van der Waals surface area contributed by atoms with Crippen LogP contribution in [-0.2, 0) is 18.9 Å². The highest BCUT2D eigenvalue weighted by Gasteiger charge is 2.42. The second kappa shape index (κ2) is 7.01. The van der Waals surface area contributed by atoms with E-state index in [-0.39, 0.29) is 12.7 Å². The van der Waals surface area contributed by atoms with Crippen LogP contribution in [0.4, 0.5) is 0 Å². The van der Waals surface area contributed by atoms with Crippen molar-refractivity contribution < 1.29 is 24.1 Å². The monoisotopic (exact) mass is 328 g/mol. The molecule has 0 radical (unpaired) electrons. The minimum Gasteiger partial charge on any atom is -0.388 e. The highest BCUT2D eigenvalue weighted by atomic mass is 16.7. The zero-order valence-electron chi connectivity index (χ0n) is 13.2. The molecule has 5 heteroatoms. The molecule has 0 saturated carbocycles. The van der Waals surface area contributed by atoms with Crippen molar-refractivity contribution >= 4 is 0 Å². The summed E-state index contributed by atoms with van der Waals surface area (Å²) in [6.07, 6.45) is -2.67. The first-order valence-electron chi connectivity index (χ1n) is 8.13. The van der Waals surface area contributed by atoms with Crippen molar-refractivity contribution in [3.63, 3.8) is 0 Å². The molecule has 1 N–H and O–H groups in total. The number of aliphatic hydroxyl groups is 1. The summed E-state index contributed by atoms with van der Waals surface area (Å²) in [6, 6.07) is 19.4. The predicted molar refractivity (Wildman–Crippen MR) is 86.0 cm³/mol. The van der Waals surface area contributed by atoms with Gasteiger partial charge in [0.1, 0.15) is 18.3 Å². The third-order valence-electron chi connectivity index (χ3n) is 4.30. The number of benzene rings is 2. The van der Waals surface area contributed by atoms with Crippen LogP contribution in [0.3, 0.4) is 0 Å². The van der Waals surface area contributed by atoms with Crippen molar-refractivity contribution in [3.05, 3.63) is 71.8 Å². The van der Waals surface area contributed by atoms with E-state index < -0.39 is 24.8 Å². The number of aliphatic hydroxyl groups excluding tert-OH is 1. The third-order valence-corrected chi connectivity index (χ3v) is 4.30. The molecule has 2 heterocycles. The summed E-state index contributed by atoms with van der Waals surface area (Å²) in [5.74, 6) is 0. The summed E-state index contributed by atoms with van der Waals surface area (Å²) in [5.41, 5.74) is 1.84. The average molecular weight is 328 g/mol. The van der Waals surface area contributed by atoms with E-state index in [2.05, 4.69) is 0 Å². The maximum absolute atomic E-state index is 10.4. The molecule has 0 spiro atoms. The number of fused-ring (bicyclic) bond motifs is 1. The summed E-state index contributed by atoms with van der Waals surface area (Å²) < 4.78 is 23.5. The molecule has 0 aromatic heterocycles. The van der Waals surface area contributed by atoms with Gasteiger partial charge < -0.3 is 24.1 Å². The predicted octanol–water partition coefficient (Wildman–Crippen LogP) is 2.58. The van der Waals surface area contributed by atoms with Crippen molar-refractivity contribution in [2.75, 3.05) is 13.2 Å². The Bertz CT molecular complexity index is 647. The molecule has 2 aliphatic rings. The quantitative estimate of drug-likeness (QED) is 0.918. The molecule has 4 rings (SSSR count). The topological polar surface area (TPSA) is 57.2 Å². The molecule has 5 atom stereocenters. The van der Waals surface area contributed by atoms with Crippen molar-refractivity contribution in [1.82, 2.24) is 0 Å². The fourth-order valence-corrected chi connectivity index (χ4v) is 3.05. The molecule has 2 unspecified atom stereocenters. The highest BCUT2D eigenvalue weighted by Crippen LogP contribution is 2.34. The van der Waals surface area contributed by atoms with Crippen molar-refractivity contribution in [2.45, 2.75) is 30.9 Å². The molecule has 126 valence electrons. The normalized spacial score (nSPS) is 33.5. The first kappa shape index (κ1) is 15.7. The molecule has 2 aliphatic heterocycles. The lowest BCUT2D eigenvalue weighted by atomic mass is 10.1. The Morgan fingerprint density at radius 1 is 0.708 bits per heavy atom. The van der Waals surface area contributed by atoms with Crippen LogP contribution in [0, 0.1) is 0 Å². The lowest BCUT2D eigenvalue weighted by Gasteiger charge is -2.37. The van der Waals surface area contributed by atoms with Gasteiger partial charge in [-0.25, -0.2) is 0 Å². The molecule has 2 aromatic rings. The van der Waals surface area contributed by atoms with Crippen LogP contribution in [0.25, 0.3) is 0 Å². The lowest BCUT2D eigenvalue weighted by molar-refractivity contribution is -0.289. The van der Waals surface area contributed by atoms with Crippen LogP contribution in [0.5, 0.6) is 0 Å². The lowest BCUT2D eigenvalue weighted by Crippen LogP contribution is -2.48. The number of hydrogen-bond acceptors (Lipinski definition) is 5. The van der Waals surface area contributed by atoms with Gasteiger partial charge in [-0.15, -0.1) is 0 Å². The van der Waals surface area contributed by atoms with E-state index in [1.54, 1.807) is 0 Å². The summed E-state index contributed by atoms with van der Waals surface area (Å²) in [6.45, 7) is 0.496. The Hall–Kier alpha value is -1.76.